The second-order valence-electron chi connectivity index (χ2n) is 6.41. The molecule has 0 radical (unpaired) electrons. The van der Waals surface area contributed by atoms with Gasteiger partial charge in [0.1, 0.15) is 11.5 Å². The molecule has 0 heterocycles. The van der Waals surface area contributed by atoms with Gasteiger partial charge in [-0.2, -0.15) is 0 Å². The lowest BCUT2D eigenvalue weighted by atomic mass is 10.1. The van der Waals surface area contributed by atoms with Crippen molar-refractivity contribution < 1.29 is 9.47 Å². The first-order valence-corrected chi connectivity index (χ1v) is 8.12. The van der Waals surface area contributed by atoms with Gasteiger partial charge >= 0.3 is 0 Å². The molecule has 0 unspecified atom stereocenters. The zero-order valence-electron chi connectivity index (χ0n) is 14.1. The molecule has 3 heteroatoms. The summed E-state index contributed by atoms with van der Waals surface area (Å²) in [6, 6.07) is 7.90. The van der Waals surface area contributed by atoms with Gasteiger partial charge < -0.3 is 14.8 Å². The molecule has 0 amide bonds. The Bertz CT molecular complexity index is 368. The fraction of sp³-hybridized carbons (Fsp3) is 0.667. The smallest absolute Gasteiger partial charge is 0.119 e. The summed E-state index contributed by atoms with van der Waals surface area (Å²) < 4.78 is 11.3. The third-order valence-electron chi connectivity index (χ3n) is 3.04. The number of rotatable bonds is 10. The van der Waals surface area contributed by atoms with Crippen LogP contribution in [0.4, 0.5) is 0 Å². The van der Waals surface area contributed by atoms with E-state index >= 15 is 0 Å². The summed E-state index contributed by atoms with van der Waals surface area (Å²) >= 11 is 0. The Morgan fingerprint density at radius 3 is 1.95 bits per heavy atom. The summed E-state index contributed by atoms with van der Waals surface area (Å²) in [5.41, 5.74) is 0.220. The maximum Gasteiger partial charge on any atom is 0.119 e. The van der Waals surface area contributed by atoms with Crippen LogP contribution in [0.2, 0.25) is 0 Å². The Morgan fingerprint density at radius 1 is 0.857 bits per heavy atom. The van der Waals surface area contributed by atoms with Crippen LogP contribution in [0.3, 0.4) is 0 Å². The van der Waals surface area contributed by atoms with Gasteiger partial charge in [0.15, 0.2) is 0 Å². The molecule has 0 bridgehead atoms. The Morgan fingerprint density at radius 2 is 1.43 bits per heavy atom. The maximum atomic E-state index is 5.74. The summed E-state index contributed by atoms with van der Waals surface area (Å²) in [5, 5.41) is 3.50. The number of hydrogen-bond donors (Lipinski definition) is 1. The van der Waals surface area contributed by atoms with E-state index in [-0.39, 0.29) is 5.54 Å². The van der Waals surface area contributed by atoms with E-state index in [1.165, 1.54) is 12.8 Å². The highest BCUT2D eigenvalue weighted by atomic mass is 16.5. The van der Waals surface area contributed by atoms with Crippen molar-refractivity contribution in [3.05, 3.63) is 24.3 Å². The van der Waals surface area contributed by atoms with Crippen molar-refractivity contribution in [3.63, 3.8) is 0 Å². The fourth-order valence-electron chi connectivity index (χ4n) is 1.91. The van der Waals surface area contributed by atoms with Crippen LogP contribution < -0.4 is 14.8 Å². The van der Waals surface area contributed by atoms with E-state index in [0.717, 1.165) is 44.1 Å². The van der Waals surface area contributed by atoms with Crippen molar-refractivity contribution in [2.24, 2.45) is 0 Å². The number of unbranched alkanes of at least 4 members (excludes halogenated alkanes) is 2. The van der Waals surface area contributed by atoms with Crippen LogP contribution >= 0.6 is 0 Å². The van der Waals surface area contributed by atoms with Crippen LogP contribution in [-0.4, -0.2) is 25.3 Å². The van der Waals surface area contributed by atoms with Crippen LogP contribution in [0.15, 0.2) is 24.3 Å². The van der Waals surface area contributed by atoms with E-state index in [9.17, 15) is 0 Å². The first-order valence-electron chi connectivity index (χ1n) is 8.12. The minimum absolute atomic E-state index is 0.220. The molecule has 21 heavy (non-hydrogen) atoms. The zero-order valence-corrected chi connectivity index (χ0v) is 14.1. The lowest BCUT2D eigenvalue weighted by molar-refractivity contribution is 0.299. The van der Waals surface area contributed by atoms with E-state index in [1.54, 1.807) is 0 Å². The minimum Gasteiger partial charge on any atom is -0.494 e. The molecule has 0 atom stereocenters. The average molecular weight is 293 g/mol. The molecule has 0 spiro atoms. The SMILES string of the molecule is CCCOc1ccc(OCCCCCNC(C)(C)C)cc1. The van der Waals surface area contributed by atoms with Gasteiger partial charge in [-0.15, -0.1) is 0 Å². The molecule has 0 aliphatic heterocycles. The molecule has 0 fully saturated rings. The number of benzene rings is 1. The van der Waals surface area contributed by atoms with Crippen LogP contribution in [0, 0.1) is 0 Å². The van der Waals surface area contributed by atoms with Crippen LogP contribution in [0.1, 0.15) is 53.4 Å². The lowest BCUT2D eigenvalue weighted by Crippen LogP contribution is -2.36. The largest absolute Gasteiger partial charge is 0.494 e. The topological polar surface area (TPSA) is 30.5 Å². The number of nitrogens with one attached hydrogen (secondary N) is 1. The number of hydrogen-bond acceptors (Lipinski definition) is 3. The van der Waals surface area contributed by atoms with Crippen LogP contribution in [-0.2, 0) is 0 Å². The van der Waals surface area contributed by atoms with E-state index < -0.39 is 0 Å². The molecule has 0 aliphatic rings. The van der Waals surface area contributed by atoms with E-state index in [1.807, 2.05) is 24.3 Å². The third-order valence-corrected chi connectivity index (χ3v) is 3.04. The number of ether oxygens (including phenoxy) is 2. The third kappa shape index (κ3) is 9.35. The molecule has 1 N–H and O–H groups in total. The molecule has 0 aliphatic carbocycles. The van der Waals surface area contributed by atoms with Crippen molar-refractivity contribution in [2.75, 3.05) is 19.8 Å². The lowest BCUT2D eigenvalue weighted by Gasteiger charge is -2.20. The summed E-state index contributed by atoms with van der Waals surface area (Å²) in [6.45, 7) is 11.3. The van der Waals surface area contributed by atoms with E-state index in [4.69, 9.17) is 9.47 Å². The molecule has 3 nitrogen and oxygen atoms in total. The highest BCUT2D eigenvalue weighted by molar-refractivity contribution is 5.31. The summed E-state index contributed by atoms with van der Waals surface area (Å²) in [5.74, 6) is 1.84. The maximum absolute atomic E-state index is 5.74. The fourth-order valence-corrected chi connectivity index (χ4v) is 1.91. The minimum atomic E-state index is 0.220. The average Bonchev–Trinajstić information content (AvgIpc) is 2.44. The Kier molecular flexibility index (Phi) is 8.21. The molecular weight excluding hydrogens is 262 g/mol. The molecule has 120 valence electrons. The molecule has 0 saturated carbocycles. The Balaban J connectivity index is 2.07. The van der Waals surface area contributed by atoms with Crippen molar-refractivity contribution in [1.82, 2.24) is 5.32 Å². The molecule has 0 aromatic heterocycles. The standard InChI is InChI=1S/C18H31NO2/c1-5-14-20-16-9-11-17(12-10-16)21-15-8-6-7-13-19-18(2,3)4/h9-12,19H,5-8,13-15H2,1-4H3. The molecule has 1 aromatic carbocycles. The molecule has 0 saturated heterocycles. The Labute approximate surface area is 130 Å². The molecule has 1 aromatic rings. The van der Waals surface area contributed by atoms with Gasteiger partial charge in [0.25, 0.3) is 0 Å². The molecular formula is C18H31NO2. The highest BCUT2D eigenvalue weighted by Gasteiger charge is 2.06. The van der Waals surface area contributed by atoms with Crippen molar-refractivity contribution in [1.29, 1.82) is 0 Å². The van der Waals surface area contributed by atoms with E-state index in [0.29, 0.717) is 0 Å². The predicted molar refractivity (Wildman–Crippen MR) is 89.3 cm³/mol. The second kappa shape index (κ2) is 9.67. The first kappa shape index (κ1) is 17.8. The normalized spacial score (nSPS) is 11.4. The van der Waals surface area contributed by atoms with Gasteiger partial charge in [0, 0.05) is 5.54 Å². The summed E-state index contributed by atoms with van der Waals surface area (Å²) in [6.07, 6.45) is 4.52. The monoisotopic (exact) mass is 293 g/mol. The zero-order chi connectivity index (χ0) is 15.6. The summed E-state index contributed by atoms with van der Waals surface area (Å²) in [4.78, 5) is 0. The van der Waals surface area contributed by atoms with Gasteiger partial charge in [-0.1, -0.05) is 6.92 Å². The first-order chi connectivity index (χ1) is 10.0. The van der Waals surface area contributed by atoms with E-state index in [2.05, 4.69) is 33.0 Å². The van der Waals surface area contributed by atoms with Crippen LogP contribution in [0.25, 0.3) is 0 Å². The van der Waals surface area contributed by atoms with Gasteiger partial charge in [0.2, 0.25) is 0 Å². The van der Waals surface area contributed by atoms with Gasteiger partial charge in [-0.25, -0.2) is 0 Å². The van der Waals surface area contributed by atoms with Gasteiger partial charge in [-0.05, 0) is 77.3 Å². The molecule has 1 rings (SSSR count). The van der Waals surface area contributed by atoms with Crippen LogP contribution in [0.5, 0.6) is 11.5 Å². The summed E-state index contributed by atoms with van der Waals surface area (Å²) in [7, 11) is 0. The predicted octanol–water partition coefficient (Wildman–Crippen LogP) is 4.41. The van der Waals surface area contributed by atoms with Gasteiger partial charge in [-0.3, -0.25) is 0 Å². The van der Waals surface area contributed by atoms with Gasteiger partial charge in [0.05, 0.1) is 13.2 Å². The van der Waals surface area contributed by atoms with Crippen molar-refractivity contribution in [3.8, 4) is 11.5 Å². The quantitative estimate of drug-likeness (QED) is 0.648. The van der Waals surface area contributed by atoms with Crippen molar-refractivity contribution >= 4 is 0 Å². The second-order valence-corrected chi connectivity index (χ2v) is 6.41. The Hall–Kier alpha value is -1.22. The van der Waals surface area contributed by atoms with Crippen molar-refractivity contribution in [2.45, 2.75) is 58.9 Å². The highest BCUT2D eigenvalue weighted by Crippen LogP contribution is 2.18.